The summed E-state index contributed by atoms with van der Waals surface area (Å²) in [6.07, 6.45) is 4.96. The number of nitrogens with zero attached hydrogens (tertiary/aromatic N) is 2. The van der Waals surface area contributed by atoms with E-state index in [-0.39, 0.29) is 16.4 Å². The largest absolute Gasteiger partial charge is 0.348 e. The summed E-state index contributed by atoms with van der Waals surface area (Å²) >= 11 is 0. The molecule has 1 fully saturated rings. The lowest BCUT2D eigenvalue weighted by atomic mass is 10.0. The van der Waals surface area contributed by atoms with Crippen LogP contribution in [0, 0.1) is 12.8 Å². The van der Waals surface area contributed by atoms with Gasteiger partial charge in [-0.2, -0.15) is 4.31 Å². The van der Waals surface area contributed by atoms with Crippen molar-refractivity contribution in [3.63, 3.8) is 0 Å². The lowest BCUT2D eigenvalue weighted by Gasteiger charge is -2.29. The van der Waals surface area contributed by atoms with Crippen molar-refractivity contribution in [3.8, 4) is 0 Å². The van der Waals surface area contributed by atoms with Gasteiger partial charge in [-0.3, -0.25) is 14.6 Å². The fraction of sp³-hybridized carbons (Fsp3) is 0.296. The number of benzene rings is 2. The number of rotatable bonds is 7. The molecule has 1 aliphatic rings. The fourth-order valence-electron chi connectivity index (χ4n) is 4.14. The molecule has 2 aromatic carbocycles. The number of aromatic nitrogens is 1. The highest BCUT2D eigenvalue weighted by Crippen LogP contribution is 2.26. The van der Waals surface area contributed by atoms with Crippen molar-refractivity contribution < 1.29 is 18.0 Å². The standard InChI is InChI=1S/C27H30N4O4S/c1-19-11-14-31(15-12-19)36(34,35)22-10-9-20(2)24(16-22)27(33)30-25-8-4-3-7-23(25)26(32)29-18-21-6-5-13-28-17-21/h3-10,13,16-17,19H,11-12,14-15,18H2,1-2H3,(H,29,32)(H,30,33). The Labute approximate surface area is 211 Å². The molecule has 0 spiro atoms. The third-order valence-electron chi connectivity index (χ3n) is 6.43. The Balaban J connectivity index is 1.52. The fourth-order valence-corrected chi connectivity index (χ4v) is 5.64. The lowest BCUT2D eigenvalue weighted by Crippen LogP contribution is -2.38. The topological polar surface area (TPSA) is 108 Å². The van der Waals surface area contributed by atoms with Gasteiger partial charge in [0.2, 0.25) is 10.0 Å². The van der Waals surface area contributed by atoms with Gasteiger partial charge in [0.05, 0.1) is 16.1 Å². The minimum absolute atomic E-state index is 0.0929. The highest BCUT2D eigenvalue weighted by molar-refractivity contribution is 7.89. The predicted octanol–water partition coefficient (Wildman–Crippen LogP) is 3.99. The number of carbonyl (C=O) groups is 2. The summed E-state index contributed by atoms with van der Waals surface area (Å²) < 4.78 is 27.9. The Morgan fingerprint density at radius 1 is 1.00 bits per heavy atom. The van der Waals surface area contributed by atoms with Crippen LogP contribution in [-0.4, -0.2) is 42.6 Å². The number of aryl methyl sites for hydroxylation is 1. The number of sulfonamides is 1. The Kier molecular flexibility index (Phi) is 7.81. The number of carbonyl (C=O) groups excluding carboxylic acids is 2. The van der Waals surface area contributed by atoms with Gasteiger partial charge in [-0.25, -0.2) is 8.42 Å². The van der Waals surface area contributed by atoms with Crippen LogP contribution in [-0.2, 0) is 16.6 Å². The molecule has 0 radical (unpaired) electrons. The number of hydrogen-bond acceptors (Lipinski definition) is 5. The van der Waals surface area contributed by atoms with Crippen LogP contribution in [0.15, 0.2) is 71.9 Å². The molecule has 4 rings (SSSR count). The first kappa shape index (κ1) is 25.5. The lowest BCUT2D eigenvalue weighted by molar-refractivity contribution is 0.0951. The van der Waals surface area contributed by atoms with Gasteiger partial charge in [-0.15, -0.1) is 0 Å². The molecule has 1 aromatic heterocycles. The third-order valence-corrected chi connectivity index (χ3v) is 8.32. The average Bonchev–Trinajstić information content (AvgIpc) is 2.88. The zero-order chi connectivity index (χ0) is 25.7. The molecule has 188 valence electrons. The van der Waals surface area contributed by atoms with Crippen molar-refractivity contribution >= 4 is 27.5 Å². The normalized spacial score (nSPS) is 14.8. The molecule has 0 atom stereocenters. The molecule has 3 aromatic rings. The average molecular weight is 507 g/mol. The van der Waals surface area contributed by atoms with E-state index in [9.17, 15) is 18.0 Å². The number of amides is 2. The van der Waals surface area contributed by atoms with Crippen LogP contribution in [0.3, 0.4) is 0 Å². The number of nitrogens with one attached hydrogen (secondary N) is 2. The number of anilines is 1. The highest BCUT2D eigenvalue weighted by Gasteiger charge is 2.29. The smallest absolute Gasteiger partial charge is 0.255 e. The number of piperidine rings is 1. The van der Waals surface area contributed by atoms with Crippen molar-refractivity contribution in [2.45, 2.75) is 38.1 Å². The van der Waals surface area contributed by atoms with Crippen LogP contribution in [0.4, 0.5) is 5.69 Å². The van der Waals surface area contributed by atoms with Crippen molar-refractivity contribution in [1.29, 1.82) is 0 Å². The maximum Gasteiger partial charge on any atom is 0.255 e. The Bertz CT molecular complexity index is 1350. The second-order valence-corrected chi connectivity index (χ2v) is 11.0. The van der Waals surface area contributed by atoms with E-state index in [1.165, 1.54) is 10.4 Å². The van der Waals surface area contributed by atoms with Gasteiger partial charge in [0.25, 0.3) is 11.8 Å². The molecule has 0 saturated carbocycles. The molecule has 1 saturated heterocycles. The summed E-state index contributed by atoms with van der Waals surface area (Å²) in [7, 11) is -3.70. The van der Waals surface area contributed by atoms with Crippen molar-refractivity contribution in [1.82, 2.24) is 14.6 Å². The molecule has 1 aliphatic heterocycles. The zero-order valence-corrected chi connectivity index (χ0v) is 21.2. The molecule has 8 nitrogen and oxygen atoms in total. The summed E-state index contributed by atoms with van der Waals surface area (Å²) in [4.78, 5) is 30.2. The van der Waals surface area contributed by atoms with Crippen molar-refractivity contribution in [2.75, 3.05) is 18.4 Å². The first-order valence-electron chi connectivity index (χ1n) is 11.9. The van der Waals surface area contributed by atoms with Crippen LogP contribution in [0.2, 0.25) is 0 Å². The maximum atomic E-state index is 13.2. The van der Waals surface area contributed by atoms with E-state index in [0.717, 1.165) is 18.4 Å². The first-order valence-corrected chi connectivity index (χ1v) is 13.4. The maximum absolute atomic E-state index is 13.2. The van der Waals surface area contributed by atoms with Gasteiger partial charge in [-0.05, 0) is 67.1 Å². The first-order chi connectivity index (χ1) is 17.3. The van der Waals surface area contributed by atoms with Crippen molar-refractivity contribution in [2.24, 2.45) is 5.92 Å². The van der Waals surface area contributed by atoms with Crippen LogP contribution in [0.1, 0.15) is 51.6 Å². The monoisotopic (exact) mass is 506 g/mol. The molecule has 2 heterocycles. The molecule has 2 amide bonds. The molecule has 0 unspecified atom stereocenters. The molecule has 2 N–H and O–H groups in total. The second-order valence-electron chi connectivity index (χ2n) is 9.11. The number of pyridine rings is 1. The minimum atomic E-state index is -3.70. The minimum Gasteiger partial charge on any atom is -0.348 e. The van der Waals surface area contributed by atoms with Crippen LogP contribution in [0.25, 0.3) is 0 Å². The van der Waals surface area contributed by atoms with Crippen molar-refractivity contribution in [3.05, 3.63) is 89.2 Å². The Hall–Kier alpha value is -3.56. The van der Waals surface area contributed by atoms with Crippen LogP contribution < -0.4 is 10.6 Å². The summed E-state index contributed by atoms with van der Waals surface area (Å²) in [5.41, 5.74) is 2.37. The van der Waals surface area contributed by atoms with E-state index in [1.807, 2.05) is 6.07 Å². The van der Waals surface area contributed by atoms with Gasteiger partial charge in [0, 0.05) is 37.6 Å². The van der Waals surface area contributed by atoms with Gasteiger partial charge < -0.3 is 10.6 Å². The van der Waals surface area contributed by atoms with E-state index in [0.29, 0.717) is 42.4 Å². The SMILES string of the molecule is Cc1ccc(S(=O)(=O)N2CCC(C)CC2)cc1C(=O)Nc1ccccc1C(=O)NCc1cccnc1. The molecule has 0 aliphatic carbocycles. The van der Waals surface area contributed by atoms with E-state index >= 15 is 0 Å². The van der Waals surface area contributed by atoms with Crippen LogP contribution >= 0.6 is 0 Å². The molecular formula is C27H30N4O4S. The second kappa shape index (κ2) is 11.0. The van der Waals surface area contributed by atoms with E-state index in [1.54, 1.807) is 61.8 Å². The Morgan fingerprint density at radius 3 is 2.47 bits per heavy atom. The molecule has 36 heavy (non-hydrogen) atoms. The molecule has 0 bridgehead atoms. The number of hydrogen-bond donors (Lipinski definition) is 2. The predicted molar refractivity (Wildman–Crippen MR) is 138 cm³/mol. The van der Waals surface area contributed by atoms with E-state index < -0.39 is 15.9 Å². The van der Waals surface area contributed by atoms with E-state index in [4.69, 9.17) is 0 Å². The summed E-state index contributed by atoms with van der Waals surface area (Å²) in [5, 5.41) is 5.62. The molecular weight excluding hydrogens is 476 g/mol. The third kappa shape index (κ3) is 5.80. The summed E-state index contributed by atoms with van der Waals surface area (Å²) in [5.74, 6) is -0.330. The summed E-state index contributed by atoms with van der Waals surface area (Å²) in [6.45, 7) is 5.11. The molecule has 9 heteroatoms. The van der Waals surface area contributed by atoms with Gasteiger partial charge in [0.15, 0.2) is 0 Å². The van der Waals surface area contributed by atoms with Crippen LogP contribution in [0.5, 0.6) is 0 Å². The number of para-hydroxylation sites is 1. The van der Waals surface area contributed by atoms with Gasteiger partial charge in [-0.1, -0.05) is 31.2 Å². The highest BCUT2D eigenvalue weighted by atomic mass is 32.2. The summed E-state index contributed by atoms with van der Waals surface area (Å²) in [6, 6.07) is 14.9. The van der Waals surface area contributed by atoms with E-state index in [2.05, 4.69) is 22.5 Å². The Morgan fingerprint density at radius 2 is 1.75 bits per heavy atom. The van der Waals surface area contributed by atoms with Gasteiger partial charge in [0.1, 0.15) is 0 Å². The quantitative estimate of drug-likeness (QED) is 0.504. The zero-order valence-electron chi connectivity index (χ0n) is 20.4. The van der Waals surface area contributed by atoms with Gasteiger partial charge >= 0.3 is 0 Å².